The zero-order chi connectivity index (χ0) is 40.5. The average Bonchev–Trinajstić information content (AvgIpc) is 3.65. The maximum Gasteiger partial charge on any atom is 0.490 e. The number of alkyl halides is 9. The summed E-state index contributed by atoms with van der Waals surface area (Å²) in [5.41, 5.74) is 9.75. The van der Waals surface area contributed by atoms with Crippen LogP contribution in [0.15, 0.2) is 48.7 Å². The number of fused-ring (bicyclic) bond motifs is 1. The molecular weight excluding hydrogens is 754 g/mol. The van der Waals surface area contributed by atoms with Crippen LogP contribution in [-0.2, 0) is 33.9 Å². The van der Waals surface area contributed by atoms with Gasteiger partial charge in [0, 0.05) is 49.4 Å². The molecule has 2 aliphatic heterocycles. The van der Waals surface area contributed by atoms with E-state index < -0.39 is 54.1 Å². The number of nitrogens with zero attached hydrogens (tertiary/aromatic N) is 3. The number of rotatable bonds is 5. The Hall–Kier alpha value is -4.90. The van der Waals surface area contributed by atoms with Crippen LogP contribution in [0.4, 0.5) is 52.7 Å². The highest BCUT2D eigenvalue weighted by molar-refractivity contribution is 5.73. The number of aromatic amines is 1. The van der Waals surface area contributed by atoms with Gasteiger partial charge in [-0.15, -0.1) is 0 Å². The number of likely N-dealkylation sites (tertiary alicyclic amines) is 1. The smallest absolute Gasteiger partial charge is 0.475 e. The number of aromatic nitrogens is 2. The molecule has 0 bridgehead atoms. The lowest BCUT2D eigenvalue weighted by atomic mass is 9.87. The van der Waals surface area contributed by atoms with Crippen molar-refractivity contribution in [3.63, 3.8) is 0 Å². The van der Waals surface area contributed by atoms with E-state index in [-0.39, 0.29) is 23.5 Å². The molecule has 11 nitrogen and oxygen atoms in total. The van der Waals surface area contributed by atoms with E-state index in [2.05, 4.69) is 20.0 Å². The van der Waals surface area contributed by atoms with Gasteiger partial charge in [-0.2, -0.15) is 44.6 Å². The van der Waals surface area contributed by atoms with Gasteiger partial charge in [0.1, 0.15) is 17.5 Å². The van der Waals surface area contributed by atoms with Crippen LogP contribution in [0.5, 0.6) is 0 Å². The summed E-state index contributed by atoms with van der Waals surface area (Å²) < 4.78 is 138. The highest BCUT2D eigenvalue weighted by Gasteiger charge is 2.41. The Morgan fingerprint density at radius 3 is 1.83 bits per heavy atom. The molecule has 3 atom stereocenters. The molecule has 2 aromatic carbocycles. The van der Waals surface area contributed by atoms with Crippen molar-refractivity contribution in [1.82, 2.24) is 20.0 Å². The van der Waals surface area contributed by atoms with E-state index in [1.807, 2.05) is 6.20 Å². The lowest BCUT2D eigenvalue weighted by molar-refractivity contribution is -0.193. The van der Waals surface area contributed by atoms with Crippen LogP contribution in [0.1, 0.15) is 34.8 Å². The van der Waals surface area contributed by atoms with E-state index in [9.17, 15) is 52.7 Å². The van der Waals surface area contributed by atoms with Crippen molar-refractivity contribution in [2.45, 2.75) is 62.6 Å². The number of nitrogens with one attached hydrogen (secondary N) is 1. The molecule has 0 amide bonds. The van der Waals surface area contributed by atoms with Crippen molar-refractivity contribution in [3.8, 4) is 0 Å². The van der Waals surface area contributed by atoms with Gasteiger partial charge >= 0.3 is 36.4 Å². The van der Waals surface area contributed by atoms with E-state index in [1.165, 1.54) is 17.7 Å². The van der Waals surface area contributed by atoms with Crippen molar-refractivity contribution >= 4 is 17.9 Å². The van der Waals surface area contributed by atoms with Crippen LogP contribution in [0.2, 0.25) is 0 Å². The van der Waals surface area contributed by atoms with Crippen LogP contribution in [0, 0.1) is 17.5 Å². The highest BCUT2D eigenvalue weighted by atomic mass is 19.4. The topological polar surface area (TPSA) is 173 Å². The van der Waals surface area contributed by atoms with E-state index in [0.717, 1.165) is 30.9 Å². The molecule has 6 N–H and O–H groups in total. The Bertz CT molecular complexity index is 1620. The largest absolute Gasteiger partial charge is 0.490 e. The zero-order valence-electron chi connectivity index (χ0n) is 26.6. The minimum atomic E-state index is -5.08. The highest BCUT2D eigenvalue weighted by Crippen LogP contribution is 2.36. The van der Waals surface area contributed by atoms with Gasteiger partial charge in [0.25, 0.3) is 0 Å². The lowest BCUT2D eigenvalue weighted by Crippen LogP contribution is -2.56. The Morgan fingerprint density at radius 1 is 0.811 bits per heavy atom. The van der Waals surface area contributed by atoms with Gasteiger partial charge in [-0.25, -0.2) is 27.6 Å². The number of piperidine rings is 1. The number of hydrogen-bond acceptors (Lipinski definition) is 7. The minimum Gasteiger partial charge on any atom is -0.475 e. The first-order chi connectivity index (χ1) is 24.3. The molecule has 1 aromatic heterocycles. The van der Waals surface area contributed by atoms with Gasteiger partial charge in [0.05, 0.1) is 17.9 Å². The van der Waals surface area contributed by atoms with E-state index in [1.54, 1.807) is 18.2 Å². The molecule has 294 valence electrons. The normalized spacial score (nSPS) is 19.0. The number of carboxylic acid groups (broad SMARTS) is 3. The number of nitrogens with two attached hydrogens (primary N) is 1. The summed E-state index contributed by atoms with van der Waals surface area (Å²) >= 11 is 0. The monoisotopic (exact) mass is 783 g/mol. The van der Waals surface area contributed by atoms with Crippen molar-refractivity contribution < 1.29 is 82.4 Å². The molecule has 0 radical (unpaired) electrons. The zero-order valence-corrected chi connectivity index (χ0v) is 26.6. The summed E-state index contributed by atoms with van der Waals surface area (Å²) in [6.07, 6.45) is -12.3. The van der Waals surface area contributed by atoms with Crippen LogP contribution in [-0.4, -0.2) is 96.9 Å². The molecule has 0 spiro atoms. The van der Waals surface area contributed by atoms with E-state index in [4.69, 9.17) is 35.4 Å². The van der Waals surface area contributed by atoms with Gasteiger partial charge in [0.2, 0.25) is 0 Å². The predicted octanol–water partition coefficient (Wildman–Crippen LogP) is 5.43. The fraction of sp³-hybridized carbons (Fsp3) is 0.400. The van der Waals surface area contributed by atoms with Gasteiger partial charge in [-0.05, 0) is 42.7 Å². The maximum absolute atomic E-state index is 14.7. The first-order valence-corrected chi connectivity index (χ1v) is 14.7. The summed E-state index contributed by atoms with van der Waals surface area (Å²) in [4.78, 5) is 31.1. The molecule has 23 heteroatoms. The van der Waals surface area contributed by atoms with Crippen molar-refractivity contribution in [1.29, 1.82) is 0 Å². The predicted molar refractivity (Wildman–Crippen MR) is 156 cm³/mol. The molecule has 0 aliphatic carbocycles. The second kappa shape index (κ2) is 18.2. The third kappa shape index (κ3) is 13.5. The fourth-order valence-electron chi connectivity index (χ4n) is 5.15. The molecule has 3 heterocycles. The SMILES string of the molecule is N[C@H]1C[C@@H](N2Cc3cn[nH]c3C2)CN(CCc2ccccc2F)[C@@H]1c1cc(F)ccc1F.O=C(O)C(F)(F)F.O=C(O)C(F)(F)F.O=C(O)C(F)(F)F. The number of H-pyrrole nitrogens is 1. The van der Waals surface area contributed by atoms with E-state index in [0.29, 0.717) is 31.5 Å². The van der Waals surface area contributed by atoms with Crippen LogP contribution < -0.4 is 5.73 Å². The number of halogens is 12. The third-order valence-corrected chi connectivity index (χ3v) is 7.48. The maximum atomic E-state index is 14.7. The Labute approximate surface area is 290 Å². The Kier molecular flexibility index (Phi) is 15.2. The first-order valence-electron chi connectivity index (χ1n) is 14.7. The number of hydrogen-bond donors (Lipinski definition) is 5. The van der Waals surface area contributed by atoms with Gasteiger partial charge in [-0.3, -0.25) is 14.9 Å². The number of aliphatic carboxylic acids is 3. The molecule has 2 aliphatic rings. The minimum absolute atomic E-state index is 0.152. The molecule has 3 aromatic rings. The Morgan fingerprint density at radius 2 is 1.34 bits per heavy atom. The van der Waals surface area contributed by atoms with E-state index >= 15 is 0 Å². The van der Waals surface area contributed by atoms with Crippen LogP contribution >= 0.6 is 0 Å². The number of carboxylic acids is 3. The molecule has 53 heavy (non-hydrogen) atoms. The quantitative estimate of drug-likeness (QED) is 0.210. The molecule has 1 fully saturated rings. The molecule has 1 saturated heterocycles. The molecule has 0 unspecified atom stereocenters. The lowest BCUT2D eigenvalue weighted by Gasteiger charge is -2.46. The molecular formula is C30H29F12N5O6. The molecule has 0 saturated carbocycles. The van der Waals surface area contributed by atoms with Crippen molar-refractivity contribution in [2.75, 3.05) is 13.1 Å². The number of carbonyl (C=O) groups is 3. The van der Waals surface area contributed by atoms with Crippen LogP contribution in [0.25, 0.3) is 0 Å². The first kappa shape index (κ1) is 44.3. The van der Waals surface area contributed by atoms with Gasteiger partial charge < -0.3 is 21.1 Å². The summed E-state index contributed by atoms with van der Waals surface area (Å²) in [5, 5.41) is 28.5. The summed E-state index contributed by atoms with van der Waals surface area (Å²) in [6, 6.07) is 9.46. The Balaban J connectivity index is 0.000000379. The fourth-order valence-corrected chi connectivity index (χ4v) is 5.15. The van der Waals surface area contributed by atoms with Gasteiger partial charge in [-0.1, -0.05) is 18.2 Å². The summed E-state index contributed by atoms with van der Waals surface area (Å²) in [5.74, 6) is -9.49. The van der Waals surface area contributed by atoms with Crippen molar-refractivity contribution in [3.05, 3.63) is 88.5 Å². The summed E-state index contributed by atoms with van der Waals surface area (Å²) in [7, 11) is 0. The number of benzene rings is 2. The average molecular weight is 784 g/mol. The van der Waals surface area contributed by atoms with Crippen LogP contribution in [0.3, 0.4) is 0 Å². The third-order valence-electron chi connectivity index (χ3n) is 7.48. The molecule has 5 rings (SSSR count). The standard InChI is InChI=1S/C24H26F3N5.3C2HF3O2/c25-17-5-6-21(27)19(9-17)24-22(28)10-18(32-12-16-11-29-30-23(16)14-32)13-31(24)8-7-15-3-1-2-4-20(15)26;3*3-2(4,5)1(6)7/h1-6,9,11,18,22,24H,7-8,10,12-14,28H2,(H,29,30);3*(H,6,7)/t18-,22+,24-;;;/m1.../s1. The second-order valence-electron chi connectivity index (χ2n) is 11.2. The second-order valence-corrected chi connectivity index (χ2v) is 11.2. The summed E-state index contributed by atoms with van der Waals surface area (Å²) in [6.45, 7) is 2.67. The van der Waals surface area contributed by atoms with Crippen molar-refractivity contribution in [2.24, 2.45) is 5.73 Å². The van der Waals surface area contributed by atoms with Gasteiger partial charge in [0.15, 0.2) is 0 Å².